The maximum absolute atomic E-state index is 10.9. The highest BCUT2D eigenvalue weighted by Gasteiger charge is 2.25. The molecule has 2 N–H and O–H groups in total. The summed E-state index contributed by atoms with van der Waals surface area (Å²) in [7, 11) is 0. The lowest BCUT2D eigenvalue weighted by Crippen LogP contribution is -2.47. The number of carbonyl (C=O) groups is 2. The standard InChI is InChI=1S/C9H16N2O2/c1-7(9(10)13)11-4-2-3-8(5-11)6-12/h6-8H,2-5H2,1H3,(H2,10,13). The van der Waals surface area contributed by atoms with Crippen LogP contribution in [0.15, 0.2) is 0 Å². The fourth-order valence-electron chi connectivity index (χ4n) is 1.68. The number of nitrogens with zero attached hydrogens (tertiary/aromatic N) is 1. The molecule has 0 aromatic rings. The molecule has 0 aliphatic carbocycles. The van der Waals surface area contributed by atoms with Crippen LogP contribution >= 0.6 is 0 Å². The second-order valence-electron chi connectivity index (χ2n) is 3.61. The van der Waals surface area contributed by atoms with E-state index in [0.717, 1.165) is 25.7 Å². The van der Waals surface area contributed by atoms with Gasteiger partial charge in [-0.05, 0) is 26.3 Å². The number of amides is 1. The Morgan fingerprint density at radius 3 is 2.92 bits per heavy atom. The lowest BCUT2D eigenvalue weighted by atomic mass is 9.98. The molecule has 0 bridgehead atoms. The molecule has 0 aromatic heterocycles. The molecule has 74 valence electrons. The van der Waals surface area contributed by atoms with E-state index in [-0.39, 0.29) is 17.9 Å². The van der Waals surface area contributed by atoms with Crippen LogP contribution in [0.1, 0.15) is 19.8 Å². The highest BCUT2D eigenvalue weighted by Crippen LogP contribution is 2.16. The fourth-order valence-corrected chi connectivity index (χ4v) is 1.68. The molecule has 1 rings (SSSR count). The number of likely N-dealkylation sites (tertiary alicyclic amines) is 1. The first kappa shape index (κ1) is 10.2. The topological polar surface area (TPSA) is 63.4 Å². The molecule has 2 unspecified atom stereocenters. The Kier molecular flexibility index (Phi) is 3.42. The van der Waals surface area contributed by atoms with E-state index in [1.165, 1.54) is 0 Å². The highest BCUT2D eigenvalue weighted by molar-refractivity contribution is 5.79. The molecule has 1 fully saturated rings. The van der Waals surface area contributed by atoms with Crippen molar-refractivity contribution in [1.82, 2.24) is 4.90 Å². The summed E-state index contributed by atoms with van der Waals surface area (Å²) in [4.78, 5) is 23.4. The van der Waals surface area contributed by atoms with Crippen LogP contribution in [0.5, 0.6) is 0 Å². The van der Waals surface area contributed by atoms with Gasteiger partial charge in [-0.25, -0.2) is 0 Å². The number of aldehydes is 1. The van der Waals surface area contributed by atoms with E-state index in [0.29, 0.717) is 6.54 Å². The van der Waals surface area contributed by atoms with E-state index in [1.54, 1.807) is 6.92 Å². The first-order valence-corrected chi connectivity index (χ1v) is 4.64. The molecule has 1 amide bonds. The lowest BCUT2D eigenvalue weighted by Gasteiger charge is -2.33. The van der Waals surface area contributed by atoms with E-state index in [1.807, 2.05) is 4.90 Å². The molecule has 1 aliphatic heterocycles. The van der Waals surface area contributed by atoms with Crippen LogP contribution in [0.4, 0.5) is 0 Å². The first-order chi connectivity index (χ1) is 6.15. The summed E-state index contributed by atoms with van der Waals surface area (Å²) >= 11 is 0. The third kappa shape index (κ3) is 2.52. The molecule has 13 heavy (non-hydrogen) atoms. The van der Waals surface area contributed by atoms with Gasteiger partial charge in [0.2, 0.25) is 5.91 Å². The van der Waals surface area contributed by atoms with Gasteiger partial charge in [0.15, 0.2) is 0 Å². The van der Waals surface area contributed by atoms with Crippen LogP contribution in [0.25, 0.3) is 0 Å². The van der Waals surface area contributed by atoms with Crippen LogP contribution in [-0.4, -0.2) is 36.2 Å². The number of rotatable bonds is 3. The summed E-state index contributed by atoms with van der Waals surface area (Å²) in [6, 6.07) is -0.247. The lowest BCUT2D eigenvalue weighted by molar-refractivity contribution is -0.124. The van der Waals surface area contributed by atoms with Crippen LogP contribution in [0.3, 0.4) is 0 Å². The van der Waals surface area contributed by atoms with Crippen molar-refractivity contribution in [2.45, 2.75) is 25.8 Å². The van der Waals surface area contributed by atoms with Gasteiger partial charge >= 0.3 is 0 Å². The molecule has 1 heterocycles. The van der Waals surface area contributed by atoms with Gasteiger partial charge in [-0.3, -0.25) is 9.69 Å². The summed E-state index contributed by atoms with van der Waals surface area (Å²) in [6.45, 7) is 3.33. The monoisotopic (exact) mass is 184 g/mol. The van der Waals surface area contributed by atoms with Crippen molar-refractivity contribution in [1.29, 1.82) is 0 Å². The van der Waals surface area contributed by atoms with Gasteiger partial charge in [0.25, 0.3) is 0 Å². The van der Waals surface area contributed by atoms with Gasteiger partial charge in [0.05, 0.1) is 6.04 Å². The van der Waals surface area contributed by atoms with Gasteiger partial charge in [0.1, 0.15) is 6.29 Å². The average molecular weight is 184 g/mol. The average Bonchev–Trinajstić information content (AvgIpc) is 2.16. The molecule has 1 saturated heterocycles. The third-order valence-corrected chi connectivity index (χ3v) is 2.64. The van der Waals surface area contributed by atoms with E-state index < -0.39 is 0 Å². The number of carbonyl (C=O) groups excluding carboxylic acids is 2. The minimum atomic E-state index is -0.313. The maximum atomic E-state index is 10.9. The summed E-state index contributed by atoms with van der Waals surface area (Å²) in [5.41, 5.74) is 5.18. The number of hydrogen-bond acceptors (Lipinski definition) is 3. The summed E-state index contributed by atoms with van der Waals surface area (Å²) in [5, 5.41) is 0. The zero-order valence-corrected chi connectivity index (χ0v) is 7.90. The number of piperidine rings is 1. The first-order valence-electron chi connectivity index (χ1n) is 4.64. The summed E-state index contributed by atoms with van der Waals surface area (Å²) in [6.07, 6.45) is 2.88. The third-order valence-electron chi connectivity index (χ3n) is 2.64. The Hall–Kier alpha value is -0.900. The predicted octanol–water partition coefficient (Wildman–Crippen LogP) is -0.229. The largest absolute Gasteiger partial charge is 0.368 e. The van der Waals surface area contributed by atoms with Gasteiger partial charge in [-0.2, -0.15) is 0 Å². The molecule has 0 spiro atoms. The Morgan fingerprint density at radius 1 is 1.69 bits per heavy atom. The molecule has 4 heteroatoms. The zero-order chi connectivity index (χ0) is 9.84. The Morgan fingerprint density at radius 2 is 2.38 bits per heavy atom. The van der Waals surface area contributed by atoms with Gasteiger partial charge < -0.3 is 10.5 Å². The van der Waals surface area contributed by atoms with Crippen molar-refractivity contribution < 1.29 is 9.59 Å². The Labute approximate surface area is 78.1 Å². The van der Waals surface area contributed by atoms with E-state index in [2.05, 4.69) is 0 Å². The van der Waals surface area contributed by atoms with Crippen molar-refractivity contribution in [2.24, 2.45) is 11.7 Å². The van der Waals surface area contributed by atoms with Gasteiger partial charge in [-0.1, -0.05) is 0 Å². The maximum Gasteiger partial charge on any atom is 0.234 e. The van der Waals surface area contributed by atoms with Crippen molar-refractivity contribution in [3.05, 3.63) is 0 Å². The molecule has 2 atom stereocenters. The highest BCUT2D eigenvalue weighted by atomic mass is 16.1. The van der Waals surface area contributed by atoms with E-state index in [9.17, 15) is 9.59 Å². The van der Waals surface area contributed by atoms with Crippen molar-refractivity contribution >= 4 is 12.2 Å². The van der Waals surface area contributed by atoms with Gasteiger partial charge in [0, 0.05) is 12.5 Å². The predicted molar refractivity (Wildman–Crippen MR) is 49.0 cm³/mol. The minimum absolute atomic E-state index is 0.0792. The number of primary amides is 1. The SMILES string of the molecule is CC(C(N)=O)N1CCCC(C=O)C1. The molecule has 0 radical (unpaired) electrons. The van der Waals surface area contributed by atoms with Crippen LogP contribution < -0.4 is 5.73 Å². The second kappa shape index (κ2) is 4.37. The summed E-state index contributed by atoms with van der Waals surface area (Å²) in [5.74, 6) is -0.234. The van der Waals surface area contributed by atoms with E-state index in [4.69, 9.17) is 5.73 Å². The van der Waals surface area contributed by atoms with E-state index >= 15 is 0 Å². The normalized spacial score (nSPS) is 26.7. The molecular formula is C9H16N2O2. The molecule has 1 aliphatic rings. The Bertz CT molecular complexity index is 206. The van der Waals surface area contributed by atoms with Gasteiger partial charge in [-0.15, -0.1) is 0 Å². The summed E-state index contributed by atoms with van der Waals surface area (Å²) < 4.78 is 0. The Balaban J connectivity index is 2.50. The van der Waals surface area contributed by atoms with Crippen molar-refractivity contribution in [3.8, 4) is 0 Å². The number of nitrogens with two attached hydrogens (primary N) is 1. The zero-order valence-electron chi connectivity index (χ0n) is 7.90. The molecular weight excluding hydrogens is 168 g/mol. The molecule has 0 saturated carbocycles. The van der Waals surface area contributed by atoms with Crippen molar-refractivity contribution in [2.75, 3.05) is 13.1 Å². The molecule has 4 nitrogen and oxygen atoms in total. The second-order valence-corrected chi connectivity index (χ2v) is 3.61. The molecule has 0 aromatic carbocycles. The fraction of sp³-hybridized carbons (Fsp3) is 0.778. The number of hydrogen-bond donors (Lipinski definition) is 1. The minimum Gasteiger partial charge on any atom is -0.368 e. The van der Waals surface area contributed by atoms with Crippen LogP contribution in [0.2, 0.25) is 0 Å². The van der Waals surface area contributed by atoms with Crippen molar-refractivity contribution in [3.63, 3.8) is 0 Å². The quantitative estimate of drug-likeness (QED) is 0.616. The van der Waals surface area contributed by atoms with Crippen LogP contribution in [0, 0.1) is 5.92 Å². The smallest absolute Gasteiger partial charge is 0.234 e. The van der Waals surface area contributed by atoms with Crippen LogP contribution in [-0.2, 0) is 9.59 Å².